The Hall–Kier alpha value is -2.18. The molecule has 6 nitrogen and oxygen atoms in total. The minimum Gasteiger partial charge on any atom is -0.371 e. The van der Waals surface area contributed by atoms with E-state index in [9.17, 15) is 4.39 Å². The van der Waals surface area contributed by atoms with Gasteiger partial charge in [-0.1, -0.05) is 0 Å². The van der Waals surface area contributed by atoms with Gasteiger partial charge in [-0.05, 0) is 6.92 Å². The SMILES string of the molecule is CNc1nc(N(C)Cc2cn[nH]c2C)ncc1F. The van der Waals surface area contributed by atoms with Gasteiger partial charge in [-0.25, -0.2) is 9.37 Å². The van der Waals surface area contributed by atoms with E-state index < -0.39 is 5.82 Å². The van der Waals surface area contributed by atoms with E-state index in [1.807, 2.05) is 18.9 Å². The fraction of sp³-hybridized carbons (Fsp3) is 0.364. The summed E-state index contributed by atoms with van der Waals surface area (Å²) in [5, 5.41) is 9.51. The average Bonchev–Trinajstić information content (AvgIpc) is 2.75. The Morgan fingerprint density at radius 1 is 1.44 bits per heavy atom. The second kappa shape index (κ2) is 4.99. The van der Waals surface area contributed by atoms with E-state index in [-0.39, 0.29) is 5.82 Å². The predicted molar refractivity (Wildman–Crippen MR) is 67.0 cm³/mol. The zero-order valence-electron chi connectivity index (χ0n) is 10.5. The number of aryl methyl sites for hydroxylation is 1. The second-order valence-corrected chi connectivity index (χ2v) is 3.99. The van der Waals surface area contributed by atoms with Gasteiger partial charge in [-0.15, -0.1) is 0 Å². The summed E-state index contributed by atoms with van der Waals surface area (Å²) in [6, 6.07) is 0. The molecule has 2 heterocycles. The molecular formula is C11H15FN6. The van der Waals surface area contributed by atoms with Crippen molar-refractivity contribution in [3.8, 4) is 0 Å². The highest BCUT2D eigenvalue weighted by Gasteiger charge is 2.11. The van der Waals surface area contributed by atoms with Crippen molar-refractivity contribution in [2.45, 2.75) is 13.5 Å². The molecular weight excluding hydrogens is 235 g/mol. The molecule has 2 rings (SSSR count). The summed E-state index contributed by atoms with van der Waals surface area (Å²) in [7, 11) is 3.47. The van der Waals surface area contributed by atoms with Crippen LogP contribution in [0.3, 0.4) is 0 Å². The third-order valence-electron chi connectivity index (χ3n) is 2.65. The third kappa shape index (κ3) is 2.39. The first-order chi connectivity index (χ1) is 8.61. The Balaban J connectivity index is 2.18. The van der Waals surface area contributed by atoms with Crippen LogP contribution in [0.2, 0.25) is 0 Å². The van der Waals surface area contributed by atoms with Crippen LogP contribution in [0.25, 0.3) is 0 Å². The van der Waals surface area contributed by atoms with E-state index in [4.69, 9.17) is 0 Å². The van der Waals surface area contributed by atoms with Gasteiger partial charge in [-0.2, -0.15) is 10.1 Å². The number of aromatic amines is 1. The number of hydrogen-bond donors (Lipinski definition) is 2. The van der Waals surface area contributed by atoms with Crippen LogP contribution < -0.4 is 10.2 Å². The summed E-state index contributed by atoms with van der Waals surface area (Å²) < 4.78 is 13.3. The number of H-pyrrole nitrogens is 1. The maximum Gasteiger partial charge on any atom is 0.227 e. The number of rotatable bonds is 4. The molecule has 0 radical (unpaired) electrons. The summed E-state index contributed by atoms with van der Waals surface area (Å²) in [6.07, 6.45) is 2.92. The lowest BCUT2D eigenvalue weighted by molar-refractivity contribution is 0.617. The average molecular weight is 250 g/mol. The first kappa shape index (κ1) is 12.3. The number of anilines is 2. The fourth-order valence-corrected chi connectivity index (χ4v) is 1.58. The molecule has 0 aromatic carbocycles. The predicted octanol–water partition coefficient (Wildman–Crippen LogP) is 1.33. The first-order valence-corrected chi connectivity index (χ1v) is 5.52. The Labute approximate surface area is 104 Å². The highest BCUT2D eigenvalue weighted by Crippen LogP contribution is 2.15. The van der Waals surface area contributed by atoms with Gasteiger partial charge in [0.25, 0.3) is 0 Å². The summed E-state index contributed by atoms with van der Waals surface area (Å²) in [5.41, 5.74) is 2.05. The molecule has 0 spiro atoms. The molecule has 2 N–H and O–H groups in total. The largest absolute Gasteiger partial charge is 0.371 e. The van der Waals surface area contributed by atoms with Crippen LogP contribution in [0.15, 0.2) is 12.4 Å². The van der Waals surface area contributed by atoms with E-state index in [0.717, 1.165) is 17.5 Å². The number of nitrogens with one attached hydrogen (secondary N) is 2. The van der Waals surface area contributed by atoms with Gasteiger partial charge in [0.2, 0.25) is 5.95 Å². The lowest BCUT2D eigenvalue weighted by atomic mass is 10.2. The van der Waals surface area contributed by atoms with E-state index in [1.54, 1.807) is 13.2 Å². The van der Waals surface area contributed by atoms with Crippen molar-refractivity contribution in [1.29, 1.82) is 0 Å². The molecule has 0 aliphatic carbocycles. The van der Waals surface area contributed by atoms with Crippen molar-refractivity contribution in [2.24, 2.45) is 0 Å². The summed E-state index contributed by atoms with van der Waals surface area (Å²) >= 11 is 0. The molecule has 7 heteroatoms. The van der Waals surface area contributed by atoms with Crippen molar-refractivity contribution < 1.29 is 4.39 Å². The maximum atomic E-state index is 13.3. The zero-order valence-corrected chi connectivity index (χ0v) is 10.5. The molecule has 2 aromatic rings. The minimum absolute atomic E-state index is 0.191. The number of halogens is 1. The van der Waals surface area contributed by atoms with E-state index >= 15 is 0 Å². The Morgan fingerprint density at radius 3 is 2.83 bits per heavy atom. The highest BCUT2D eigenvalue weighted by atomic mass is 19.1. The first-order valence-electron chi connectivity index (χ1n) is 5.52. The molecule has 0 unspecified atom stereocenters. The van der Waals surface area contributed by atoms with Crippen LogP contribution in [0.4, 0.5) is 16.2 Å². The molecule has 0 amide bonds. The molecule has 0 bridgehead atoms. The van der Waals surface area contributed by atoms with Gasteiger partial charge in [0.15, 0.2) is 11.6 Å². The quantitative estimate of drug-likeness (QED) is 0.856. The normalized spacial score (nSPS) is 10.4. The van der Waals surface area contributed by atoms with Gasteiger partial charge in [-0.3, -0.25) is 5.10 Å². The fourth-order valence-electron chi connectivity index (χ4n) is 1.58. The molecule has 0 aliphatic rings. The standard InChI is InChI=1S/C11H15FN6/c1-7-8(4-15-17-7)6-18(3)11-14-5-9(12)10(13-2)16-11/h4-5H,6H2,1-3H3,(H,15,17)(H,13,14,16). The van der Waals surface area contributed by atoms with Gasteiger partial charge in [0, 0.05) is 31.9 Å². The number of nitrogens with zero attached hydrogens (tertiary/aromatic N) is 4. The summed E-state index contributed by atoms with van der Waals surface area (Å²) in [5.74, 6) is 0.186. The zero-order chi connectivity index (χ0) is 13.1. The van der Waals surface area contributed by atoms with Crippen molar-refractivity contribution in [1.82, 2.24) is 20.2 Å². The van der Waals surface area contributed by atoms with Crippen LogP contribution >= 0.6 is 0 Å². The van der Waals surface area contributed by atoms with Gasteiger partial charge < -0.3 is 10.2 Å². The maximum absolute atomic E-state index is 13.3. The Morgan fingerprint density at radius 2 is 2.22 bits per heavy atom. The van der Waals surface area contributed by atoms with Crippen LogP contribution in [0.1, 0.15) is 11.3 Å². The molecule has 2 aromatic heterocycles. The molecule has 18 heavy (non-hydrogen) atoms. The molecule has 96 valence electrons. The summed E-state index contributed by atoms with van der Waals surface area (Å²) in [6.45, 7) is 2.55. The molecule has 0 fully saturated rings. The van der Waals surface area contributed by atoms with E-state index in [2.05, 4.69) is 25.5 Å². The minimum atomic E-state index is -0.464. The monoisotopic (exact) mass is 250 g/mol. The van der Waals surface area contributed by atoms with Gasteiger partial charge >= 0.3 is 0 Å². The van der Waals surface area contributed by atoms with Crippen LogP contribution in [0.5, 0.6) is 0 Å². The Kier molecular flexibility index (Phi) is 3.40. The van der Waals surface area contributed by atoms with E-state index in [1.165, 1.54) is 0 Å². The Bertz CT molecular complexity index is 538. The van der Waals surface area contributed by atoms with Crippen molar-refractivity contribution >= 4 is 11.8 Å². The van der Waals surface area contributed by atoms with Gasteiger partial charge in [0.05, 0.1) is 12.4 Å². The van der Waals surface area contributed by atoms with Crippen LogP contribution in [-0.2, 0) is 6.54 Å². The van der Waals surface area contributed by atoms with Crippen molar-refractivity contribution in [2.75, 3.05) is 24.3 Å². The lowest BCUT2D eigenvalue weighted by Crippen LogP contribution is -2.20. The van der Waals surface area contributed by atoms with Gasteiger partial charge in [0.1, 0.15) is 0 Å². The number of aromatic nitrogens is 4. The molecule has 0 saturated heterocycles. The highest BCUT2D eigenvalue weighted by molar-refractivity contribution is 5.42. The van der Waals surface area contributed by atoms with Crippen molar-refractivity contribution in [3.63, 3.8) is 0 Å². The number of hydrogen-bond acceptors (Lipinski definition) is 5. The molecule has 0 atom stereocenters. The lowest BCUT2D eigenvalue weighted by Gasteiger charge is -2.17. The molecule has 0 saturated carbocycles. The topological polar surface area (TPSA) is 69.7 Å². The van der Waals surface area contributed by atoms with Crippen LogP contribution in [0, 0.1) is 12.7 Å². The molecule has 0 aliphatic heterocycles. The van der Waals surface area contributed by atoms with Crippen LogP contribution in [-0.4, -0.2) is 34.3 Å². The van der Waals surface area contributed by atoms with E-state index in [0.29, 0.717) is 12.5 Å². The smallest absolute Gasteiger partial charge is 0.227 e. The second-order valence-electron chi connectivity index (χ2n) is 3.99. The van der Waals surface area contributed by atoms with Crippen molar-refractivity contribution in [3.05, 3.63) is 29.5 Å². The third-order valence-corrected chi connectivity index (χ3v) is 2.65. The summed E-state index contributed by atoms with van der Waals surface area (Å²) in [4.78, 5) is 9.90.